The van der Waals surface area contributed by atoms with Crippen LogP contribution in [0, 0.1) is 12.3 Å². The van der Waals surface area contributed by atoms with Gasteiger partial charge in [0.15, 0.2) is 0 Å². The highest BCUT2D eigenvalue weighted by Gasteiger charge is 2.48. The van der Waals surface area contributed by atoms with Crippen molar-refractivity contribution in [2.24, 2.45) is 5.41 Å². The van der Waals surface area contributed by atoms with Gasteiger partial charge in [0.2, 0.25) is 10.0 Å². The van der Waals surface area contributed by atoms with E-state index in [1.54, 1.807) is 6.92 Å². The first-order chi connectivity index (χ1) is 8.77. The minimum absolute atomic E-state index is 0.00661. The van der Waals surface area contributed by atoms with Gasteiger partial charge < -0.3 is 9.84 Å². The molecule has 0 amide bonds. The quantitative estimate of drug-likeness (QED) is 0.686. The van der Waals surface area contributed by atoms with Gasteiger partial charge in [0.1, 0.15) is 10.3 Å². The summed E-state index contributed by atoms with van der Waals surface area (Å²) >= 11 is 0. The minimum atomic E-state index is -3.82. The van der Waals surface area contributed by atoms with Crippen molar-refractivity contribution >= 4 is 16.0 Å². The van der Waals surface area contributed by atoms with Gasteiger partial charge in [-0.25, -0.2) is 13.1 Å². The number of nitrogens with one attached hydrogen (secondary N) is 2. The number of sulfonamides is 1. The number of carboxylic acids is 1. The zero-order chi connectivity index (χ0) is 14.3. The largest absolute Gasteiger partial charge is 0.481 e. The first kappa shape index (κ1) is 14.0. The van der Waals surface area contributed by atoms with Crippen LogP contribution in [-0.4, -0.2) is 48.9 Å². The third kappa shape index (κ3) is 2.36. The number of carbonyl (C=O) groups is 1. The SMILES string of the molecule is Cc1[nH]ncc1S(=O)(=O)NC1COCC1(C)C(=O)O. The van der Waals surface area contributed by atoms with Crippen molar-refractivity contribution in [3.63, 3.8) is 0 Å². The number of carboxylic acid groups (broad SMARTS) is 1. The summed E-state index contributed by atoms with van der Waals surface area (Å²) in [5.41, 5.74) is -0.881. The van der Waals surface area contributed by atoms with Crippen molar-refractivity contribution in [3.05, 3.63) is 11.9 Å². The highest BCUT2D eigenvalue weighted by atomic mass is 32.2. The van der Waals surface area contributed by atoms with E-state index in [-0.39, 0.29) is 18.1 Å². The first-order valence-electron chi connectivity index (χ1n) is 5.61. The molecule has 1 fully saturated rings. The van der Waals surface area contributed by atoms with Crippen molar-refractivity contribution < 1.29 is 23.1 Å². The number of rotatable bonds is 4. The van der Waals surface area contributed by atoms with Crippen LogP contribution < -0.4 is 4.72 Å². The van der Waals surface area contributed by atoms with E-state index < -0.39 is 27.4 Å². The second-order valence-corrected chi connectivity index (χ2v) is 6.45. The van der Waals surface area contributed by atoms with Gasteiger partial charge >= 0.3 is 5.97 Å². The molecular formula is C10H15N3O5S. The molecule has 1 aliphatic rings. The van der Waals surface area contributed by atoms with Crippen LogP contribution in [0.2, 0.25) is 0 Å². The van der Waals surface area contributed by atoms with E-state index in [9.17, 15) is 18.3 Å². The second kappa shape index (κ2) is 4.58. The Morgan fingerprint density at radius 3 is 2.89 bits per heavy atom. The minimum Gasteiger partial charge on any atom is -0.481 e. The fourth-order valence-corrected chi connectivity index (χ4v) is 3.38. The number of nitrogens with zero attached hydrogens (tertiary/aromatic N) is 1. The number of hydrogen-bond acceptors (Lipinski definition) is 5. The molecule has 106 valence electrons. The summed E-state index contributed by atoms with van der Waals surface area (Å²) in [6.45, 7) is 3.03. The fourth-order valence-electron chi connectivity index (χ4n) is 1.91. The predicted octanol–water partition coefficient (Wildman–Crippen LogP) is -0.514. The lowest BCUT2D eigenvalue weighted by Crippen LogP contribution is -2.49. The van der Waals surface area contributed by atoms with Crippen molar-refractivity contribution in [3.8, 4) is 0 Å². The lowest BCUT2D eigenvalue weighted by molar-refractivity contribution is -0.148. The maximum absolute atomic E-state index is 12.2. The molecule has 0 saturated carbocycles. The lowest BCUT2D eigenvalue weighted by atomic mass is 9.86. The average Bonchev–Trinajstić information content (AvgIpc) is 2.87. The average molecular weight is 289 g/mol. The molecule has 1 aliphatic heterocycles. The summed E-state index contributed by atoms with van der Waals surface area (Å²) in [4.78, 5) is 11.2. The summed E-state index contributed by atoms with van der Waals surface area (Å²) in [7, 11) is -3.82. The monoisotopic (exact) mass is 289 g/mol. The maximum atomic E-state index is 12.2. The van der Waals surface area contributed by atoms with Crippen LogP contribution in [0.3, 0.4) is 0 Å². The number of aromatic nitrogens is 2. The van der Waals surface area contributed by atoms with E-state index in [4.69, 9.17) is 4.74 Å². The Hall–Kier alpha value is -1.45. The molecule has 0 aromatic carbocycles. The third-order valence-electron chi connectivity index (χ3n) is 3.31. The van der Waals surface area contributed by atoms with Gasteiger partial charge in [-0.2, -0.15) is 5.10 Å². The number of aryl methyl sites for hydroxylation is 1. The molecule has 2 unspecified atom stereocenters. The lowest BCUT2D eigenvalue weighted by Gasteiger charge is -2.25. The molecule has 2 heterocycles. The Bertz CT molecular complexity index is 596. The van der Waals surface area contributed by atoms with Gasteiger partial charge in [0.25, 0.3) is 0 Å². The van der Waals surface area contributed by atoms with Crippen LogP contribution in [0.1, 0.15) is 12.6 Å². The zero-order valence-electron chi connectivity index (χ0n) is 10.5. The molecule has 3 N–H and O–H groups in total. The number of ether oxygens (including phenoxy) is 1. The summed E-state index contributed by atoms with van der Waals surface area (Å²) in [6.07, 6.45) is 1.19. The Morgan fingerprint density at radius 2 is 2.37 bits per heavy atom. The normalized spacial score (nSPS) is 27.6. The van der Waals surface area contributed by atoms with Crippen molar-refractivity contribution in [2.75, 3.05) is 13.2 Å². The highest BCUT2D eigenvalue weighted by Crippen LogP contribution is 2.30. The molecule has 1 aromatic rings. The van der Waals surface area contributed by atoms with Crippen molar-refractivity contribution in [1.29, 1.82) is 0 Å². The number of H-pyrrole nitrogens is 1. The van der Waals surface area contributed by atoms with Crippen LogP contribution >= 0.6 is 0 Å². The van der Waals surface area contributed by atoms with E-state index in [1.165, 1.54) is 13.1 Å². The van der Waals surface area contributed by atoms with Crippen molar-refractivity contribution in [1.82, 2.24) is 14.9 Å². The molecular weight excluding hydrogens is 274 g/mol. The molecule has 0 aliphatic carbocycles. The smallest absolute Gasteiger partial charge is 0.313 e. The topological polar surface area (TPSA) is 121 Å². The van der Waals surface area contributed by atoms with E-state index in [0.29, 0.717) is 5.69 Å². The van der Waals surface area contributed by atoms with Gasteiger partial charge in [-0.3, -0.25) is 9.89 Å². The van der Waals surface area contributed by atoms with E-state index in [1.807, 2.05) is 0 Å². The molecule has 2 rings (SSSR count). The Kier molecular flexibility index (Phi) is 3.37. The Balaban J connectivity index is 2.27. The van der Waals surface area contributed by atoms with Gasteiger partial charge in [0.05, 0.1) is 31.1 Å². The molecule has 0 bridgehead atoms. The molecule has 1 saturated heterocycles. The van der Waals surface area contributed by atoms with Crippen molar-refractivity contribution in [2.45, 2.75) is 24.8 Å². The number of hydrogen-bond donors (Lipinski definition) is 3. The molecule has 8 nitrogen and oxygen atoms in total. The first-order valence-corrected chi connectivity index (χ1v) is 7.09. The zero-order valence-corrected chi connectivity index (χ0v) is 11.3. The molecule has 9 heteroatoms. The maximum Gasteiger partial charge on any atom is 0.313 e. The highest BCUT2D eigenvalue weighted by molar-refractivity contribution is 7.89. The van der Waals surface area contributed by atoms with Gasteiger partial charge in [-0.05, 0) is 13.8 Å². The predicted molar refractivity (Wildman–Crippen MR) is 64.0 cm³/mol. The summed E-state index contributed by atoms with van der Waals surface area (Å²) in [6, 6.07) is -0.815. The van der Waals surface area contributed by atoms with E-state index in [0.717, 1.165) is 0 Å². The number of aliphatic carboxylic acids is 1. The summed E-state index contributed by atoms with van der Waals surface area (Å²) in [5, 5.41) is 15.4. The van der Waals surface area contributed by atoms with Crippen LogP contribution in [0.25, 0.3) is 0 Å². The van der Waals surface area contributed by atoms with Crippen LogP contribution in [-0.2, 0) is 19.6 Å². The third-order valence-corrected chi connectivity index (χ3v) is 4.90. The summed E-state index contributed by atoms with van der Waals surface area (Å²) in [5.74, 6) is -1.10. The van der Waals surface area contributed by atoms with Gasteiger partial charge in [-0.15, -0.1) is 0 Å². The second-order valence-electron chi connectivity index (χ2n) is 4.77. The van der Waals surface area contributed by atoms with Crippen LogP contribution in [0.15, 0.2) is 11.1 Å². The van der Waals surface area contributed by atoms with Crippen LogP contribution in [0.4, 0.5) is 0 Å². The Labute approximate surface area is 110 Å². The molecule has 2 atom stereocenters. The van der Waals surface area contributed by atoms with Gasteiger partial charge in [0, 0.05) is 0 Å². The molecule has 0 spiro atoms. The van der Waals surface area contributed by atoms with Crippen LogP contribution in [0.5, 0.6) is 0 Å². The fraction of sp³-hybridized carbons (Fsp3) is 0.600. The Morgan fingerprint density at radius 1 is 1.68 bits per heavy atom. The van der Waals surface area contributed by atoms with E-state index >= 15 is 0 Å². The number of aromatic amines is 1. The molecule has 19 heavy (non-hydrogen) atoms. The van der Waals surface area contributed by atoms with Gasteiger partial charge in [-0.1, -0.05) is 0 Å². The van der Waals surface area contributed by atoms with E-state index in [2.05, 4.69) is 14.9 Å². The summed E-state index contributed by atoms with van der Waals surface area (Å²) < 4.78 is 31.8. The molecule has 1 aromatic heterocycles. The standard InChI is InChI=1S/C10H15N3O5S/c1-6-7(3-11-12-6)19(16,17)13-8-4-18-5-10(8,2)9(14)15/h3,8,13H,4-5H2,1-2H3,(H,11,12)(H,14,15). The molecule has 0 radical (unpaired) electrons.